The van der Waals surface area contributed by atoms with Gasteiger partial charge in [-0.3, -0.25) is 4.90 Å². The van der Waals surface area contributed by atoms with Crippen molar-refractivity contribution in [2.24, 2.45) is 11.8 Å². The molecule has 3 aliphatic rings. The van der Waals surface area contributed by atoms with E-state index in [0.717, 1.165) is 118 Å². The van der Waals surface area contributed by atoms with E-state index < -0.39 is 0 Å². The summed E-state index contributed by atoms with van der Waals surface area (Å²) in [5, 5.41) is 5.23. The normalized spacial score (nSPS) is 18.8. The average molecular weight is 549 g/mol. The van der Waals surface area contributed by atoms with E-state index in [2.05, 4.69) is 51.6 Å². The first-order valence-corrected chi connectivity index (χ1v) is 15.1. The lowest BCUT2D eigenvalue weighted by atomic mass is 9.99. The number of benzene rings is 1. The van der Waals surface area contributed by atoms with Gasteiger partial charge in [0.05, 0.1) is 55.6 Å². The molecule has 4 heterocycles. The number of pyridine rings is 1. The van der Waals surface area contributed by atoms with Crippen molar-refractivity contribution >= 4 is 11.2 Å². The maximum Gasteiger partial charge on any atom is 0.132 e. The zero-order chi connectivity index (χ0) is 27.5. The topological polar surface area (TPSA) is 60.7 Å². The standard InChI is InChI=1S/C32H44N4O4/c1-4-26-32(35(21-23-8-9-23)22-24-10-14-39-15-11-24)28-7-5-6-27(36(28)33-26)31-29(37-2)18-25(19-30(31)38-3)20-34-12-16-40-17-13-34/h5-7,18-19,23-24H,4,8-17,20-22H2,1-3H3. The molecule has 1 saturated carbocycles. The molecule has 8 heteroatoms. The van der Waals surface area contributed by atoms with Crippen LogP contribution in [-0.4, -0.2) is 81.3 Å². The number of hydrogen-bond acceptors (Lipinski definition) is 7. The summed E-state index contributed by atoms with van der Waals surface area (Å²) in [7, 11) is 3.49. The van der Waals surface area contributed by atoms with Gasteiger partial charge in [-0.1, -0.05) is 13.0 Å². The van der Waals surface area contributed by atoms with Crippen LogP contribution in [0.3, 0.4) is 0 Å². The SMILES string of the molecule is CCc1nn2c(-c3c(OC)cc(CN4CCOCC4)cc3OC)cccc2c1N(CC1CCOCC1)CC1CC1. The van der Waals surface area contributed by atoms with E-state index >= 15 is 0 Å². The quantitative estimate of drug-likeness (QED) is 0.332. The largest absolute Gasteiger partial charge is 0.496 e. The zero-order valence-electron chi connectivity index (χ0n) is 24.4. The summed E-state index contributed by atoms with van der Waals surface area (Å²) < 4.78 is 25.4. The average Bonchev–Trinajstić information content (AvgIpc) is 3.73. The summed E-state index contributed by atoms with van der Waals surface area (Å²) in [5.74, 6) is 3.07. The number of aryl methyl sites for hydroxylation is 1. The molecule has 1 aliphatic carbocycles. The van der Waals surface area contributed by atoms with Gasteiger partial charge in [-0.25, -0.2) is 4.52 Å². The second-order valence-corrected chi connectivity index (χ2v) is 11.5. The number of rotatable bonds is 11. The maximum atomic E-state index is 6.01. The molecule has 2 aliphatic heterocycles. The molecule has 2 aromatic heterocycles. The van der Waals surface area contributed by atoms with Crippen molar-refractivity contribution in [3.63, 3.8) is 0 Å². The van der Waals surface area contributed by atoms with Gasteiger partial charge in [0.25, 0.3) is 0 Å². The van der Waals surface area contributed by atoms with Crippen molar-refractivity contribution in [1.82, 2.24) is 14.5 Å². The van der Waals surface area contributed by atoms with Crippen molar-refractivity contribution in [3.05, 3.63) is 41.6 Å². The van der Waals surface area contributed by atoms with Crippen LogP contribution in [0.1, 0.15) is 43.9 Å². The van der Waals surface area contributed by atoms with Crippen molar-refractivity contribution < 1.29 is 18.9 Å². The Hall–Kier alpha value is -2.81. The third kappa shape index (κ3) is 5.80. The van der Waals surface area contributed by atoms with Crippen LogP contribution < -0.4 is 14.4 Å². The molecule has 0 radical (unpaired) electrons. The van der Waals surface area contributed by atoms with Crippen LogP contribution in [0.5, 0.6) is 11.5 Å². The van der Waals surface area contributed by atoms with E-state index in [1.165, 1.54) is 24.1 Å². The van der Waals surface area contributed by atoms with Crippen molar-refractivity contribution in [2.45, 2.75) is 45.6 Å². The molecule has 3 fully saturated rings. The number of ether oxygens (including phenoxy) is 4. The van der Waals surface area contributed by atoms with Crippen LogP contribution in [0.4, 0.5) is 5.69 Å². The fourth-order valence-corrected chi connectivity index (χ4v) is 6.31. The highest BCUT2D eigenvalue weighted by Crippen LogP contribution is 2.42. The van der Waals surface area contributed by atoms with Crippen molar-refractivity contribution in [3.8, 4) is 22.8 Å². The van der Waals surface area contributed by atoms with Crippen LogP contribution in [0.2, 0.25) is 0 Å². The molecule has 2 saturated heterocycles. The van der Waals surface area contributed by atoms with Crippen LogP contribution in [0.25, 0.3) is 16.8 Å². The van der Waals surface area contributed by atoms with Crippen LogP contribution >= 0.6 is 0 Å². The third-order valence-corrected chi connectivity index (χ3v) is 8.68. The molecule has 3 aromatic rings. The van der Waals surface area contributed by atoms with Gasteiger partial charge in [-0.15, -0.1) is 0 Å². The Morgan fingerprint density at radius 1 is 0.900 bits per heavy atom. The lowest BCUT2D eigenvalue weighted by molar-refractivity contribution is 0.0341. The summed E-state index contributed by atoms with van der Waals surface area (Å²) in [6.45, 7) is 10.4. The molecule has 40 heavy (non-hydrogen) atoms. The van der Waals surface area contributed by atoms with Gasteiger partial charge in [0, 0.05) is 45.9 Å². The zero-order valence-corrected chi connectivity index (χ0v) is 24.4. The van der Waals surface area contributed by atoms with Gasteiger partial charge >= 0.3 is 0 Å². The third-order valence-electron chi connectivity index (χ3n) is 8.68. The number of fused-ring (bicyclic) bond motifs is 1. The van der Waals surface area contributed by atoms with E-state index in [4.69, 9.17) is 24.0 Å². The first-order valence-electron chi connectivity index (χ1n) is 15.1. The fraction of sp³-hybridized carbons (Fsp3) is 0.594. The predicted molar refractivity (Wildman–Crippen MR) is 158 cm³/mol. The first-order chi connectivity index (χ1) is 19.7. The first kappa shape index (κ1) is 27.4. The maximum absolute atomic E-state index is 6.01. The molecule has 0 bridgehead atoms. The van der Waals surface area contributed by atoms with Crippen LogP contribution in [-0.2, 0) is 22.4 Å². The Kier molecular flexibility index (Phi) is 8.46. The molecular formula is C32H44N4O4. The van der Waals surface area contributed by atoms with Gasteiger partial charge in [0.1, 0.15) is 11.5 Å². The van der Waals surface area contributed by atoms with E-state index in [0.29, 0.717) is 5.92 Å². The van der Waals surface area contributed by atoms with E-state index in [9.17, 15) is 0 Å². The van der Waals surface area contributed by atoms with Crippen molar-refractivity contribution in [1.29, 1.82) is 0 Å². The molecular weight excluding hydrogens is 504 g/mol. The minimum Gasteiger partial charge on any atom is -0.496 e. The number of methoxy groups -OCH3 is 2. The Morgan fingerprint density at radius 2 is 1.55 bits per heavy atom. The van der Waals surface area contributed by atoms with Gasteiger partial charge in [0.15, 0.2) is 0 Å². The van der Waals surface area contributed by atoms with Crippen molar-refractivity contribution in [2.75, 3.05) is 71.7 Å². The van der Waals surface area contributed by atoms with Gasteiger partial charge in [-0.2, -0.15) is 5.10 Å². The molecule has 6 rings (SSSR count). The summed E-state index contributed by atoms with van der Waals surface area (Å²) in [5.41, 5.74) is 6.71. The summed E-state index contributed by atoms with van der Waals surface area (Å²) in [4.78, 5) is 5.07. The molecule has 0 spiro atoms. The minimum absolute atomic E-state index is 0.662. The Balaban J connectivity index is 1.41. The highest BCUT2D eigenvalue weighted by Gasteiger charge is 2.30. The van der Waals surface area contributed by atoms with Gasteiger partial charge in [-0.05, 0) is 73.8 Å². The summed E-state index contributed by atoms with van der Waals surface area (Å²) in [6, 6.07) is 10.8. The molecule has 8 nitrogen and oxygen atoms in total. The lowest BCUT2D eigenvalue weighted by Gasteiger charge is -2.31. The van der Waals surface area contributed by atoms with Crippen LogP contribution in [0.15, 0.2) is 30.3 Å². The smallest absolute Gasteiger partial charge is 0.132 e. The lowest BCUT2D eigenvalue weighted by Crippen LogP contribution is -2.35. The molecule has 0 N–H and O–H groups in total. The monoisotopic (exact) mass is 548 g/mol. The number of aromatic nitrogens is 2. The highest BCUT2D eigenvalue weighted by molar-refractivity contribution is 5.82. The van der Waals surface area contributed by atoms with Crippen LogP contribution in [0, 0.1) is 11.8 Å². The number of anilines is 1. The van der Waals surface area contributed by atoms with E-state index in [1.54, 1.807) is 14.2 Å². The summed E-state index contributed by atoms with van der Waals surface area (Å²) >= 11 is 0. The molecule has 0 atom stereocenters. The van der Waals surface area contributed by atoms with E-state index in [-0.39, 0.29) is 0 Å². The predicted octanol–water partition coefficient (Wildman–Crippen LogP) is 5.06. The Labute approximate surface area is 238 Å². The molecule has 0 unspecified atom stereocenters. The number of hydrogen-bond donors (Lipinski definition) is 0. The summed E-state index contributed by atoms with van der Waals surface area (Å²) in [6.07, 6.45) is 5.83. The van der Waals surface area contributed by atoms with Gasteiger partial charge < -0.3 is 23.8 Å². The molecule has 216 valence electrons. The number of nitrogens with zero attached hydrogens (tertiary/aromatic N) is 4. The molecule has 1 aromatic carbocycles. The van der Waals surface area contributed by atoms with Gasteiger partial charge in [0.2, 0.25) is 0 Å². The molecule has 0 amide bonds. The second kappa shape index (κ2) is 12.4. The fourth-order valence-electron chi connectivity index (χ4n) is 6.31. The van der Waals surface area contributed by atoms with E-state index in [1.807, 2.05) is 0 Å². The second-order valence-electron chi connectivity index (χ2n) is 11.5. The Bertz CT molecular complexity index is 1270. The minimum atomic E-state index is 0.662. The Morgan fingerprint density at radius 3 is 2.17 bits per heavy atom. The number of morpholine rings is 1. The highest BCUT2D eigenvalue weighted by atomic mass is 16.5.